The zero-order valence-corrected chi connectivity index (χ0v) is 28.6. The Balaban J connectivity index is 0.000000157. The summed E-state index contributed by atoms with van der Waals surface area (Å²) in [5.74, 6) is 0. The van der Waals surface area contributed by atoms with E-state index in [1.807, 2.05) is 12.1 Å². The second kappa shape index (κ2) is 16.6. The molecule has 4 nitrogen and oxygen atoms in total. The first-order valence-electron chi connectivity index (χ1n) is 17.8. The van der Waals surface area contributed by atoms with Crippen LogP contribution in [-0.4, -0.2) is 16.4 Å². The van der Waals surface area contributed by atoms with E-state index in [2.05, 4.69) is 168 Å². The Morgan fingerprint density at radius 2 is 0.720 bits per heavy atom. The number of rotatable bonds is 8. The van der Waals surface area contributed by atoms with Crippen LogP contribution in [0.25, 0.3) is 0 Å². The standard InChI is InChI=1S/C24H24N2.C22H20N2/c1-3-9-20(10-4-1)18-26(19-21-11-5-2-6-12-21)25-24-16-15-22-13-7-8-14-23(22)17-24;1-3-11-21(12-4-1)24(22-13-5-2-6-14-22)23-20-16-15-18-9-7-8-10-19(18)17-20/h1-14H,15-19H2;1-14H,15-17H2. The minimum absolute atomic E-state index is 0.834. The monoisotopic (exact) mass is 652 g/mol. The van der Waals surface area contributed by atoms with Crippen LogP contribution in [0, 0.1) is 0 Å². The van der Waals surface area contributed by atoms with Gasteiger partial charge in [-0.3, -0.25) is 5.01 Å². The first kappa shape index (κ1) is 32.8. The number of benzene rings is 6. The van der Waals surface area contributed by atoms with E-state index in [1.165, 1.54) is 44.8 Å². The molecule has 4 heteroatoms. The first-order chi connectivity index (χ1) is 24.8. The van der Waals surface area contributed by atoms with Crippen molar-refractivity contribution in [2.45, 2.75) is 51.6 Å². The highest BCUT2D eigenvalue weighted by Crippen LogP contribution is 2.28. The highest BCUT2D eigenvalue weighted by Gasteiger charge is 2.17. The van der Waals surface area contributed by atoms with Crippen molar-refractivity contribution >= 4 is 22.8 Å². The molecule has 2 aliphatic rings. The third-order valence-electron chi connectivity index (χ3n) is 9.33. The summed E-state index contributed by atoms with van der Waals surface area (Å²) in [4.78, 5) is 0. The molecule has 0 radical (unpaired) electrons. The molecule has 0 bridgehead atoms. The van der Waals surface area contributed by atoms with Crippen LogP contribution >= 0.6 is 0 Å². The molecule has 0 N–H and O–H groups in total. The van der Waals surface area contributed by atoms with Gasteiger partial charge in [0.25, 0.3) is 0 Å². The van der Waals surface area contributed by atoms with Gasteiger partial charge in [0.15, 0.2) is 0 Å². The molecule has 0 aromatic heterocycles. The predicted molar refractivity (Wildman–Crippen MR) is 209 cm³/mol. The van der Waals surface area contributed by atoms with E-state index in [9.17, 15) is 0 Å². The lowest BCUT2D eigenvalue weighted by Crippen LogP contribution is -2.22. The minimum atomic E-state index is 0.834. The van der Waals surface area contributed by atoms with Crippen LogP contribution in [0.3, 0.4) is 0 Å². The molecular formula is C46H44N4. The maximum atomic E-state index is 5.07. The fourth-order valence-corrected chi connectivity index (χ4v) is 6.75. The number of anilines is 2. The largest absolute Gasteiger partial charge is 0.288 e. The zero-order valence-electron chi connectivity index (χ0n) is 28.6. The third kappa shape index (κ3) is 8.83. The molecule has 0 heterocycles. The number of hydrazone groups is 2. The van der Waals surface area contributed by atoms with Gasteiger partial charge in [-0.05, 0) is 83.3 Å². The van der Waals surface area contributed by atoms with Gasteiger partial charge in [0.2, 0.25) is 0 Å². The molecule has 6 aromatic rings. The van der Waals surface area contributed by atoms with Crippen molar-refractivity contribution in [3.05, 3.63) is 203 Å². The van der Waals surface area contributed by atoms with Crippen LogP contribution in [0.2, 0.25) is 0 Å². The van der Waals surface area contributed by atoms with E-state index in [-0.39, 0.29) is 0 Å². The summed E-state index contributed by atoms with van der Waals surface area (Å²) in [6.07, 6.45) is 6.15. The van der Waals surface area contributed by atoms with Crippen molar-refractivity contribution in [3.8, 4) is 0 Å². The van der Waals surface area contributed by atoms with E-state index in [4.69, 9.17) is 10.2 Å². The van der Waals surface area contributed by atoms with Crippen LogP contribution in [-0.2, 0) is 38.8 Å². The SMILES string of the molecule is c1ccc(CN(Cc2ccccc2)N=C2CCc3ccccc3C2)cc1.c1ccc(N(N=C2CCc3ccccc3C2)c2ccccc2)cc1. The van der Waals surface area contributed by atoms with Gasteiger partial charge in [0.05, 0.1) is 24.5 Å². The van der Waals surface area contributed by atoms with Gasteiger partial charge in [0.1, 0.15) is 0 Å². The quantitative estimate of drug-likeness (QED) is 0.153. The Morgan fingerprint density at radius 1 is 0.360 bits per heavy atom. The highest BCUT2D eigenvalue weighted by atomic mass is 15.5. The second-order valence-electron chi connectivity index (χ2n) is 13.0. The maximum Gasteiger partial charge on any atom is 0.0652 e. The van der Waals surface area contributed by atoms with Crippen LogP contribution < -0.4 is 5.01 Å². The van der Waals surface area contributed by atoms with Crippen LogP contribution in [0.15, 0.2) is 180 Å². The summed E-state index contributed by atoms with van der Waals surface area (Å²) in [6, 6.07) is 59.4. The Morgan fingerprint density at radius 3 is 1.16 bits per heavy atom. The molecule has 0 fully saturated rings. The fraction of sp³-hybridized carbons (Fsp3) is 0.174. The average Bonchev–Trinajstić information content (AvgIpc) is 3.18. The Kier molecular flexibility index (Phi) is 10.9. The molecule has 0 unspecified atom stereocenters. The van der Waals surface area contributed by atoms with Crippen molar-refractivity contribution in [2.75, 3.05) is 5.01 Å². The molecule has 50 heavy (non-hydrogen) atoms. The van der Waals surface area contributed by atoms with Crippen LogP contribution in [0.5, 0.6) is 0 Å². The van der Waals surface area contributed by atoms with Gasteiger partial charge in [-0.25, -0.2) is 5.01 Å². The van der Waals surface area contributed by atoms with Gasteiger partial charge >= 0.3 is 0 Å². The Labute approximate surface area is 297 Å². The zero-order chi connectivity index (χ0) is 33.8. The van der Waals surface area contributed by atoms with Crippen molar-refractivity contribution < 1.29 is 0 Å². The van der Waals surface area contributed by atoms with E-state index in [0.717, 1.165) is 63.0 Å². The molecule has 0 spiro atoms. The second-order valence-corrected chi connectivity index (χ2v) is 13.0. The maximum absolute atomic E-state index is 5.07. The van der Waals surface area contributed by atoms with Crippen molar-refractivity contribution in [2.24, 2.45) is 10.2 Å². The van der Waals surface area contributed by atoms with E-state index >= 15 is 0 Å². The van der Waals surface area contributed by atoms with Gasteiger partial charge in [-0.15, -0.1) is 0 Å². The number of fused-ring (bicyclic) bond motifs is 2. The molecule has 0 aliphatic heterocycles. The Bertz CT molecular complexity index is 1920. The van der Waals surface area contributed by atoms with Crippen molar-refractivity contribution in [3.63, 3.8) is 0 Å². The van der Waals surface area contributed by atoms with Gasteiger partial charge in [0, 0.05) is 24.3 Å². The lowest BCUT2D eigenvalue weighted by Gasteiger charge is -2.24. The summed E-state index contributed by atoms with van der Waals surface area (Å²) in [5.41, 5.74) is 13.1. The van der Waals surface area contributed by atoms with E-state index in [1.54, 1.807) is 0 Å². The number of aryl methyl sites for hydroxylation is 2. The molecule has 6 aromatic carbocycles. The van der Waals surface area contributed by atoms with Crippen molar-refractivity contribution in [1.29, 1.82) is 0 Å². The summed E-state index contributed by atoms with van der Waals surface area (Å²) in [7, 11) is 0. The smallest absolute Gasteiger partial charge is 0.0652 e. The number of nitrogens with zero attached hydrogens (tertiary/aromatic N) is 4. The molecule has 0 atom stereocenters. The van der Waals surface area contributed by atoms with Crippen molar-refractivity contribution in [1.82, 2.24) is 5.01 Å². The summed E-state index contributed by atoms with van der Waals surface area (Å²) < 4.78 is 0. The first-order valence-corrected chi connectivity index (χ1v) is 17.8. The number of para-hydroxylation sites is 2. The lowest BCUT2D eigenvalue weighted by molar-refractivity contribution is 0.269. The molecular weight excluding hydrogens is 609 g/mol. The Hall–Kier alpha value is -5.74. The predicted octanol–water partition coefficient (Wildman–Crippen LogP) is 10.6. The molecule has 248 valence electrons. The summed E-state index contributed by atoms with van der Waals surface area (Å²) in [6.45, 7) is 1.67. The van der Waals surface area contributed by atoms with Gasteiger partial charge in [-0.2, -0.15) is 10.2 Å². The topological polar surface area (TPSA) is 31.2 Å². The van der Waals surface area contributed by atoms with Gasteiger partial charge in [-0.1, -0.05) is 146 Å². The van der Waals surface area contributed by atoms with Gasteiger partial charge < -0.3 is 0 Å². The number of hydrogen-bond acceptors (Lipinski definition) is 4. The molecule has 8 rings (SSSR count). The van der Waals surface area contributed by atoms with Crippen LogP contribution in [0.4, 0.5) is 11.4 Å². The molecule has 0 amide bonds. The lowest BCUT2D eigenvalue weighted by atomic mass is 9.90. The molecule has 0 saturated heterocycles. The molecule has 2 aliphatic carbocycles. The third-order valence-corrected chi connectivity index (χ3v) is 9.33. The summed E-state index contributed by atoms with van der Waals surface area (Å²) >= 11 is 0. The van der Waals surface area contributed by atoms with E-state index < -0.39 is 0 Å². The summed E-state index contributed by atoms with van der Waals surface area (Å²) in [5, 5.41) is 14.4. The minimum Gasteiger partial charge on any atom is -0.288 e. The average molecular weight is 653 g/mol. The molecule has 0 saturated carbocycles. The van der Waals surface area contributed by atoms with E-state index in [0.29, 0.717) is 0 Å². The highest BCUT2D eigenvalue weighted by molar-refractivity contribution is 5.90. The normalized spacial score (nSPS) is 15.0. The fourth-order valence-electron chi connectivity index (χ4n) is 6.75. The number of hydrogen-bond donors (Lipinski definition) is 0. The van der Waals surface area contributed by atoms with Crippen LogP contribution in [0.1, 0.15) is 46.2 Å².